The minimum Gasteiger partial charge on any atom is -0.455 e. The summed E-state index contributed by atoms with van der Waals surface area (Å²) < 4.78 is 5.56. The number of nitrogens with zero attached hydrogens (tertiary/aromatic N) is 1. The number of halogens is 1. The molecule has 3 nitrogen and oxygen atoms in total. The fraction of sp³-hybridized carbons (Fsp3) is 0.0769. The quantitative estimate of drug-likeness (QED) is 0.777. The van der Waals surface area contributed by atoms with Gasteiger partial charge in [0.25, 0.3) is 0 Å². The van der Waals surface area contributed by atoms with Crippen molar-refractivity contribution in [3.63, 3.8) is 0 Å². The lowest BCUT2D eigenvalue weighted by Gasteiger charge is -2.08. The molecule has 1 heterocycles. The monoisotopic (exact) mass is 247 g/mol. The zero-order valence-corrected chi connectivity index (χ0v) is 9.94. The molecule has 0 saturated heterocycles. The maximum absolute atomic E-state index is 10.9. The number of aldehydes is 1. The van der Waals surface area contributed by atoms with Crippen molar-refractivity contribution < 1.29 is 9.53 Å². The van der Waals surface area contributed by atoms with Gasteiger partial charge in [-0.2, -0.15) is 0 Å². The molecular weight excluding hydrogens is 238 g/mol. The molecule has 0 radical (unpaired) electrons. The van der Waals surface area contributed by atoms with Gasteiger partial charge in [0.15, 0.2) is 6.29 Å². The van der Waals surface area contributed by atoms with E-state index in [0.29, 0.717) is 28.4 Å². The van der Waals surface area contributed by atoms with Crippen molar-refractivity contribution in [2.45, 2.75) is 6.92 Å². The number of aromatic nitrogens is 1. The molecule has 0 aliphatic heterocycles. The molecule has 86 valence electrons. The Morgan fingerprint density at radius 2 is 2.12 bits per heavy atom. The second-order valence-corrected chi connectivity index (χ2v) is 3.91. The summed E-state index contributed by atoms with van der Waals surface area (Å²) in [5, 5.41) is 0.373. The first-order chi connectivity index (χ1) is 8.20. The van der Waals surface area contributed by atoms with Gasteiger partial charge in [0.2, 0.25) is 0 Å². The van der Waals surface area contributed by atoms with Gasteiger partial charge in [-0.05, 0) is 31.2 Å². The summed E-state index contributed by atoms with van der Waals surface area (Å²) in [5.41, 5.74) is 1.24. The second-order valence-electron chi connectivity index (χ2n) is 3.51. The minimum atomic E-state index is 0.342. The topological polar surface area (TPSA) is 39.2 Å². The Kier molecular flexibility index (Phi) is 3.40. The minimum absolute atomic E-state index is 0.342. The van der Waals surface area contributed by atoms with E-state index in [1.54, 1.807) is 30.5 Å². The number of benzene rings is 1. The molecule has 0 aliphatic carbocycles. The van der Waals surface area contributed by atoms with E-state index in [1.807, 2.05) is 13.0 Å². The maximum atomic E-state index is 10.9. The largest absolute Gasteiger partial charge is 0.455 e. The van der Waals surface area contributed by atoms with E-state index in [4.69, 9.17) is 16.3 Å². The summed E-state index contributed by atoms with van der Waals surface area (Å²) in [6.45, 7) is 1.89. The van der Waals surface area contributed by atoms with Crippen LogP contribution >= 0.6 is 11.6 Å². The summed E-state index contributed by atoms with van der Waals surface area (Å²) >= 11 is 5.89. The highest BCUT2D eigenvalue weighted by atomic mass is 35.5. The number of pyridine rings is 1. The van der Waals surface area contributed by atoms with Crippen LogP contribution < -0.4 is 4.74 Å². The van der Waals surface area contributed by atoms with Crippen molar-refractivity contribution in [3.05, 3.63) is 52.8 Å². The molecule has 0 bridgehead atoms. The van der Waals surface area contributed by atoms with Crippen molar-refractivity contribution in [2.24, 2.45) is 0 Å². The summed E-state index contributed by atoms with van der Waals surface area (Å²) in [6.07, 6.45) is 2.28. The third-order valence-corrected chi connectivity index (χ3v) is 2.57. The predicted molar refractivity (Wildman–Crippen MR) is 65.9 cm³/mol. The molecule has 0 saturated carbocycles. The van der Waals surface area contributed by atoms with Crippen LogP contribution in [0.1, 0.15) is 16.1 Å². The van der Waals surface area contributed by atoms with E-state index in [0.717, 1.165) is 5.69 Å². The molecular formula is C13H10ClNO2. The smallest absolute Gasteiger partial charge is 0.155 e. The Morgan fingerprint density at radius 1 is 1.29 bits per heavy atom. The lowest BCUT2D eigenvalue weighted by Crippen LogP contribution is -1.92. The van der Waals surface area contributed by atoms with Gasteiger partial charge in [-0.3, -0.25) is 9.78 Å². The Hall–Kier alpha value is -1.87. The fourth-order valence-electron chi connectivity index (χ4n) is 1.36. The van der Waals surface area contributed by atoms with Crippen LogP contribution in [0.25, 0.3) is 0 Å². The molecule has 0 amide bonds. The molecule has 0 unspecified atom stereocenters. The first-order valence-corrected chi connectivity index (χ1v) is 5.42. The van der Waals surface area contributed by atoms with Crippen molar-refractivity contribution in [1.82, 2.24) is 4.98 Å². The van der Waals surface area contributed by atoms with Crippen LogP contribution in [0.3, 0.4) is 0 Å². The van der Waals surface area contributed by atoms with Gasteiger partial charge >= 0.3 is 0 Å². The zero-order chi connectivity index (χ0) is 12.3. The van der Waals surface area contributed by atoms with Gasteiger partial charge in [-0.25, -0.2) is 0 Å². The number of carbonyl (C=O) groups is 1. The molecule has 1 aromatic carbocycles. The molecule has 1 aromatic heterocycles. The zero-order valence-electron chi connectivity index (χ0n) is 9.18. The number of rotatable bonds is 3. The van der Waals surface area contributed by atoms with Crippen LogP contribution in [0.15, 0.2) is 36.5 Å². The fourth-order valence-corrected chi connectivity index (χ4v) is 1.57. The van der Waals surface area contributed by atoms with Crippen LogP contribution in [0.4, 0.5) is 0 Å². The third-order valence-electron chi connectivity index (χ3n) is 2.24. The van der Waals surface area contributed by atoms with E-state index in [9.17, 15) is 4.79 Å². The second kappa shape index (κ2) is 4.97. The molecule has 2 aromatic rings. The van der Waals surface area contributed by atoms with Crippen LogP contribution in [0, 0.1) is 6.92 Å². The highest BCUT2D eigenvalue weighted by molar-refractivity contribution is 6.33. The SMILES string of the molecule is Cc1ccc(Oc2cccc(Cl)c2C=O)cn1. The Bertz CT molecular complexity index is 538. The molecule has 0 aliphatic rings. The van der Waals surface area contributed by atoms with Gasteiger partial charge < -0.3 is 4.74 Å². The summed E-state index contributed by atoms with van der Waals surface area (Å²) in [5.74, 6) is 0.999. The average Bonchev–Trinajstić information content (AvgIpc) is 2.32. The molecule has 0 spiro atoms. The van der Waals surface area contributed by atoms with Crippen LogP contribution in [-0.2, 0) is 0 Å². The molecule has 2 rings (SSSR count). The Labute approximate surface area is 104 Å². The van der Waals surface area contributed by atoms with Gasteiger partial charge in [0.05, 0.1) is 16.8 Å². The van der Waals surface area contributed by atoms with Gasteiger partial charge in [-0.15, -0.1) is 0 Å². The normalized spacial score (nSPS) is 10.0. The Balaban J connectivity index is 2.33. The van der Waals surface area contributed by atoms with Crippen LogP contribution in [0.2, 0.25) is 5.02 Å². The van der Waals surface area contributed by atoms with Gasteiger partial charge in [0, 0.05) is 5.69 Å². The first kappa shape index (κ1) is 11.6. The molecule has 0 fully saturated rings. The van der Waals surface area contributed by atoms with E-state index in [-0.39, 0.29) is 0 Å². The first-order valence-electron chi connectivity index (χ1n) is 5.05. The highest BCUT2D eigenvalue weighted by Crippen LogP contribution is 2.28. The predicted octanol–water partition coefficient (Wildman–Crippen LogP) is 3.65. The van der Waals surface area contributed by atoms with Crippen molar-refractivity contribution in [1.29, 1.82) is 0 Å². The van der Waals surface area contributed by atoms with Crippen LogP contribution in [0.5, 0.6) is 11.5 Å². The average molecular weight is 248 g/mol. The maximum Gasteiger partial charge on any atom is 0.155 e. The summed E-state index contributed by atoms with van der Waals surface area (Å²) in [6, 6.07) is 8.69. The van der Waals surface area contributed by atoms with E-state index in [2.05, 4.69) is 4.98 Å². The number of hydrogen-bond donors (Lipinski definition) is 0. The molecule has 0 atom stereocenters. The van der Waals surface area contributed by atoms with E-state index in [1.165, 1.54) is 0 Å². The van der Waals surface area contributed by atoms with Crippen molar-refractivity contribution in [3.8, 4) is 11.5 Å². The van der Waals surface area contributed by atoms with Crippen LogP contribution in [-0.4, -0.2) is 11.3 Å². The van der Waals surface area contributed by atoms with Crippen molar-refractivity contribution >= 4 is 17.9 Å². The lowest BCUT2D eigenvalue weighted by molar-refractivity contribution is 0.112. The Morgan fingerprint density at radius 3 is 2.76 bits per heavy atom. The van der Waals surface area contributed by atoms with E-state index >= 15 is 0 Å². The number of hydrogen-bond acceptors (Lipinski definition) is 3. The third kappa shape index (κ3) is 2.63. The van der Waals surface area contributed by atoms with Crippen molar-refractivity contribution in [2.75, 3.05) is 0 Å². The molecule has 4 heteroatoms. The molecule has 0 N–H and O–H groups in total. The summed E-state index contributed by atoms with van der Waals surface area (Å²) in [7, 11) is 0. The lowest BCUT2D eigenvalue weighted by atomic mass is 10.2. The number of aryl methyl sites for hydroxylation is 1. The summed E-state index contributed by atoms with van der Waals surface area (Å²) in [4.78, 5) is 15.0. The number of ether oxygens (including phenoxy) is 1. The van der Waals surface area contributed by atoms with E-state index < -0.39 is 0 Å². The van der Waals surface area contributed by atoms with Gasteiger partial charge in [0.1, 0.15) is 11.5 Å². The number of carbonyl (C=O) groups excluding carboxylic acids is 1. The molecule has 17 heavy (non-hydrogen) atoms. The standard InChI is InChI=1S/C13H10ClNO2/c1-9-5-6-10(7-15-9)17-13-4-2-3-12(14)11(13)8-16/h2-8H,1H3. The van der Waals surface area contributed by atoms with Gasteiger partial charge in [-0.1, -0.05) is 17.7 Å². The highest BCUT2D eigenvalue weighted by Gasteiger charge is 2.08.